The van der Waals surface area contributed by atoms with E-state index < -0.39 is 5.24 Å². The molecule has 0 fully saturated rings. The van der Waals surface area contributed by atoms with Crippen molar-refractivity contribution in [2.45, 2.75) is 0 Å². The molecule has 0 saturated heterocycles. The van der Waals surface area contributed by atoms with Gasteiger partial charge >= 0.3 is 0 Å². The summed E-state index contributed by atoms with van der Waals surface area (Å²) >= 11 is 4.72. The van der Waals surface area contributed by atoms with E-state index in [1.807, 2.05) is 0 Å². The maximum absolute atomic E-state index is 9.53. The maximum Gasteiger partial charge on any atom is 0.258 e. The Labute approximate surface area is 43.2 Å². The molecular formula is C2HClO2S. The highest BCUT2D eigenvalue weighted by Gasteiger charge is 1.79. The smallest absolute Gasteiger partial charge is 0.258 e. The number of carbonyl (C=O) groups excluding carboxylic acids is 1. The highest BCUT2D eigenvalue weighted by Crippen LogP contribution is 1.66. The molecule has 0 saturated carbocycles. The van der Waals surface area contributed by atoms with Crippen LogP contribution in [0.15, 0.2) is 0 Å². The van der Waals surface area contributed by atoms with Crippen LogP contribution in [0.2, 0.25) is 0 Å². The average Bonchev–Trinajstić information content (AvgIpc) is 1.35. The van der Waals surface area contributed by atoms with Crippen LogP contribution in [0, 0.1) is 0 Å². The SMILES string of the molecule is O=S=CC(=O)Cl. The Bertz CT molecular complexity index is 104. The Hall–Kier alpha value is -0.150. The first-order valence-electron chi connectivity index (χ1n) is 1.08. The molecule has 0 bridgehead atoms. The Balaban J connectivity index is 3.60. The van der Waals surface area contributed by atoms with Gasteiger partial charge in [-0.3, -0.25) is 4.79 Å². The normalized spacial score (nSPS) is 6.83. The Kier molecular flexibility index (Phi) is 2.98. The van der Waals surface area contributed by atoms with Crippen molar-refractivity contribution in [3.63, 3.8) is 0 Å². The predicted molar refractivity (Wildman–Crippen MR) is 25.1 cm³/mol. The zero-order valence-corrected chi connectivity index (χ0v) is 4.25. The quantitative estimate of drug-likeness (QED) is 0.357. The number of hydrogen-bond acceptors (Lipinski definition) is 2. The summed E-state index contributed by atoms with van der Waals surface area (Å²) < 4.78 is 9.30. The van der Waals surface area contributed by atoms with Gasteiger partial charge in [-0.25, -0.2) is 4.21 Å². The van der Waals surface area contributed by atoms with E-state index in [2.05, 4.69) is 11.6 Å². The lowest BCUT2D eigenvalue weighted by molar-refractivity contribution is -0.105. The third-order valence-corrected chi connectivity index (χ3v) is 0.690. The highest BCUT2D eigenvalue weighted by atomic mass is 35.5. The van der Waals surface area contributed by atoms with Crippen LogP contribution in [0.25, 0.3) is 0 Å². The van der Waals surface area contributed by atoms with E-state index in [9.17, 15) is 9.00 Å². The first-order chi connectivity index (χ1) is 2.77. The van der Waals surface area contributed by atoms with Gasteiger partial charge in [0.2, 0.25) is 0 Å². The lowest BCUT2D eigenvalue weighted by Gasteiger charge is -1.57. The van der Waals surface area contributed by atoms with Crippen LogP contribution in [-0.4, -0.2) is 14.8 Å². The van der Waals surface area contributed by atoms with E-state index in [-0.39, 0.29) is 11.3 Å². The number of halogens is 1. The zero-order chi connectivity index (χ0) is 4.99. The molecule has 0 aliphatic carbocycles. The molecule has 0 radical (unpaired) electrons. The second kappa shape index (κ2) is 3.06. The molecule has 0 unspecified atom stereocenters. The fraction of sp³-hybridized carbons (Fsp3) is 0. The molecule has 0 spiro atoms. The summed E-state index contributed by atoms with van der Waals surface area (Å²) in [6.07, 6.45) is 0. The molecule has 0 aromatic carbocycles. The van der Waals surface area contributed by atoms with Crippen molar-refractivity contribution in [2.24, 2.45) is 0 Å². The Morgan fingerprint density at radius 2 is 2.33 bits per heavy atom. The van der Waals surface area contributed by atoms with Gasteiger partial charge in [0.15, 0.2) is 0 Å². The molecule has 6 heavy (non-hydrogen) atoms. The van der Waals surface area contributed by atoms with Crippen molar-refractivity contribution in [1.82, 2.24) is 0 Å². The largest absolute Gasteiger partial charge is 0.275 e. The average molecular weight is 125 g/mol. The van der Waals surface area contributed by atoms with Crippen LogP contribution in [-0.2, 0) is 16.1 Å². The van der Waals surface area contributed by atoms with Crippen LogP contribution in [0.4, 0.5) is 0 Å². The molecule has 2 nitrogen and oxygen atoms in total. The van der Waals surface area contributed by atoms with Gasteiger partial charge in [0.05, 0.1) is 16.6 Å². The van der Waals surface area contributed by atoms with Crippen molar-refractivity contribution >= 4 is 33.5 Å². The molecule has 4 heteroatoms. The zero-order valence-electron chi connectivity index (χ0n) is 2.68. The van der Waals surface area contributed by atoms with E-state index in [0.29, 0.717) is 0 Å². The number of rotatable bonds is 1. The van der Waals surface area contributed by atoms with E-state index in [4.69, 9.17) is 0 Å². The van der Waals surface area contributed by atoms with Gasteiger partial charge in [-0.1, -0.05) is 0 Å². The summed E-state index contributed by atoms with van der Waals surface area (Å²) in [5, 5.41) is 0.0664. The van der Waals surface area contributed by atoms with Gasteiger partial charge in [0.25, 0.3) is 5.24 Å². The van der Waals surface area contributed by atoms with Gasteiger partial charge < -0.3 is 0 Å². The molecule has 0 aromatic heterocycles. The van der Waals surface area contributed by atoms with Crippen molar-refractivity contribution in [2.75, 3.05) is 0 Å². The standard InChI is InChI=1S/C2HClO2S/c3-2(4)1-6-5/h1H. The van der Waals surface area contributed by atoms with Gasteiger partial charge in [-0.2, -0.15) is 0 Å². The second-order valence-corrected chi connectivity index (χ2v) is 1.32. The molecule has 0 N–H and O–H groups in total. The number of carbonyl (C=O) groups is 1. The van der Waals surface area contributed by atoms with E-state index in [1.54, 1.807) is 0 Å². The molecule has 0 aliphatic heterocycles. The highest BCUT2D eigenvalue weighted by molar-refractivity contribution is 7.67. The lowest BCUT2D eigenvalue weighted by atomic mass is 10.9. The Morgan fingerprint density at radius 1 is 1.83 bits per heavy atom. The monoisotopic (exact) mass is 124 g/mol. The molecule has 0 amide bonds. The minimum absolute atomic E-state index is 0.0532. The summed E-state index contributed by atoms with van der Waals surface area (Å²) in [5.74, 6) is 0. The molecule has 0 heterocycles. The minimum atomic E-state index is -0.713. The van der Waals surface area contributed by atoms with Crippen LogP contribution in [0.1, 0.15) is 0 Å². The molecule has 0 aliphatic rings. The molecule has 0 atom stereocenters. The van der Waals surface area contributed by atoms with Crippen LogP contribution in [0.3, 0.4) is 0 Å². The maximum atomic E-state index is 9.53. The van der Waals surface area contributed by atoms with Crippen molar-refractivity contribution < 1.29 is 9.00 Å². The fourth-order valence-corrected chi connectivity index (χ4v) is 0.223. The fourth-order valence-electron chi connectivity index (χ4n) is 0.0378. The summed E-state index contributed by atoms with van der Waals surface area (Å²) in [6, 6.07) is 0. The van der Waals surface area contributed by atoms with Crippen molar-refractivity contribution in [3.8, 4) is 0 Å². The van der Waals surface area contributed by atoms with Gasteiger partial charge in [-0.15, -0.1) is 0 Å². The summed E-state index contributed by atoms with van der Waals surface area (Å²) in [4.78, 5) is 9.53. The van der Waals surface area contributed by atoms with E-state index in [1.165, 1.54) is 0 Å². The lowest BCUT2D eigenvalue weighted by Crippen LogP contribution is -1.81. The first-order valence-corrected chi connectivity index (χ1v) is 2.27. The minimum Gasteiger partial charge on any atom is -0.275 e. The molecular weight excluding hydrogens is 124 g/mol. The third kappa shape index (κ3) is 3.85. The van der Waals surface area contributed by atoms with Crippen LogP contribution >= 0.6 is 11.6 Å². The summed E-state index contributed by atoms with van der Waals surface area (Å²) in [7, 11) is 0. The van der Waals surface area contributed by atoms with Crippen LogP contribution < -0.4 is 0 Å². The first kappa shape index (κ1) is 5.85. The van der Waals surface area contributed by atoms with Gasteiger partial charge in [0.1, 0.15) is 0 Å². The van der Waals surface area contributed by atoms with Crippen LogP contribution in [0.5, 0.6) is 0 Å². The molecule has 34 valence electrons. The Morgan fingerprint density at radius 3 is 2.33 bits per heavy atom. The molecule has 0 rings (SSSR count). The number of hydrogen-bond donors (Lipinski definition) is 0. The molecule has 0 aromatic rings. The van der Waals surface area contributed by atoms with Gasteiger partial charge in [0, 0.05) is 0 Å². The predicted octanol–water partition coefficient (Wildman–Crippen LogP) is -0.233. The second-order valence-electron chi connectivity index (χ2n) is 0.518. The van der Waals surface area contributed by atoms with E-state index >= 15 is 0 Å². The summed E-state index contributed by atoms with van der Waals surface area (Å²) in [6.45, 7) is 0. The summed E-state index contributed by atoms with van der Waals surface area (Å²) in [5.41, 5.74) is 0. The van der Waals surface area contributed by atoms with Gasteiger partial charge in [-0.05, 0) is 11.6 Å². The van der Waals surface area contributed by atoms with Crippen molar-refractivity contribution in [3.05, 3.63) is 0 Å². The van der Waals surface area contributed by atoms with Crippen molar-refractivity contribution in [1.29, 1.82) is 0 Å². The topological polar surface area (TPSA) is 34.1 Å². The third-order valence-electron chi connectivity index (χ3n) is 0.141. The van der Waals surface area contributed by atoms with E-state index in [0.717, 1.165) is 5.37 Å².